The molecule has 27 heavy (non-hydrogen) atoms. The molecule has 2 heterocycles. The SMILES string of the molecule is Cc1c(C)n(Cc2ccc(Cl)cc2)c2c(/C=C/c3ccccc3)nccc12. The summed E-state index contributed by atoms with van der Waals surface area (Å²) in [6, 6.07) is 20.5. The van der Waals surface area contributed by atoms with E-state index in [2.05, 4.69) is 65.9 Å². The van der Waals surface area contributed by atoms with Crippen molar-refractivity contribution in [3.05, 3.63) is 100.0 Å². The molecule has 0 unspecified atom stereocenters. The van der Waals surface area contributed by atoms with E-state index in [-0.39, 0.29) is 0 Å². The summed E-state index contributed by atoms with van der Waals surface area (Å²) in [5.74, 6) is 0. The van der Waals surface area contributed by atoms with E-state index in [4.69, 9.17) is 11.6 Å². The molecule has 3 heteroatoms. The Labute approximate surface area is 164 Å². The lowest BCUT2D eigenvalue weighted by Crippen LogP contribution is -2.03. The minimum Gasteiger partial charge on any atom is -0.338 e. The molecule has 0 radical (unpaired) electrons. The zero-order chi connectivity index (χ0) is 18.8. The van der Waals surface area contributed by atoms with Gasteiger partial charge in [-0.25, -0.2) is 0 Å². The second-order valence-corrected chi connectivity index (χ2v) is 7.20. The molecule has 134 valence electrons. The molecule has 0 bridgehead atoms. The van der Waals surface area contributed by atoms with Gasteiger partial charge < -0.3 is 4.57 Å². The molecule has 0 N–H and O–H groups in total. The number of hydrogen-bond donors (Lipinski definition) is 0. The van der Waals surface area contributed by atoms with E-state index in [0.29, 0.717) is 0 Å². The van der Waals surface area contributed by atoms with E-state index in [9.17, 15) is 0 Å². The van der Waals surface area contributed by atoms with Gasteiger partial charge in [-0.2, -0.15) is 0 Å². The van der Waals surface area contributed by atoms with Crippen molar-refractivity contribution in [1.29, 1.82) is 0 Å². The molecule has 0 amide bonds. The van der Waals surface area contributed by atoms with Crippen molar-refractivity contribution < 1.29 is 0 Å². The Kier molecular flexibility index (Phi) is 4.83. The number of aryl methyl sites for hydroxylation is 1. The van der Waals surface area contributed by atoms with Crippen LogP contribution in [0.4, 0.5) is 0 Å². The van der Waals surface area contributed by atoms with Gasteiger partial charge in [0.2, 0.25) is 0 Å². The van der Waals surface area contributed by atoms with Crippen LogP contribution < -0.4 is 0 Å². The van der Waals surface area contributed by atoms with Crippen molar-refractivity contribution in [2.45, 2.75) is 20.4 Å². The summed E-state index contributed by atoms with van der Waals surface area (Å²) >= 11 is 6.04. The van der Waals surface area contributed by atoms with Crippen LogP contribution in [-0.4, -0.2) is 9.55 Å². The number of aromatic nitrogens is 2. The quantitative estimate of drug-likeness (QED) is 0.398. The van der Waals surface area contributed by atoms with Crippen LogP contribution in [0.25, 0.3) is 23.1 Å². The van der Waals surface area contributed by atoms with Gasteiger partial charge in [-0.05, 0) is 54.8 Å². The average molecular weight is 373 g/mol. The normalized spacial score (nSPS) is 11.5. The van der Waals surface area contributed by atoms with Crippen LogP contribution >= 0.6 is 11.6 Å². The Morgan fingerprint density at radius 1 is 0.926 bits per heavy atom. The molecule has 0 spiro atoms. The summed E-state index contributed by atoms with van der Waals surface area (Å²) in [5.41, 5.74) is 7.12. The zero-order valence-corrected chi connectivity index (χ0v) is 16.2. The van der Waals surface area contributed by atoms with Gasteiger partial charge in [0.1, 0.15) is 0 Å². The maximum atomic E-state index is 6.04. The second-order valence-electron chi connectivity index (χ2n) is 6.76. The molecule has 4 aromatic rings. The number of fused-ring (bicyclic) bond motifs is 1. The Hall–Kier alpha value is -2.84. The molecule has 0 saturated heterocycles. The summed E-state index contributed by atoms with van der Waals surface area (Å²) in [7, 11) is 0. The second kappa shape index (κ2) is 7.42. The Morgan fingerprint density at radius 2 is 1.67 bits per heavy atom. The van der Waals surface area contributed by atoms with E-state index < -0.39 is 0 Å². The van der Waals surface area contributed by atoms with E-state index in [1.54, 1.807) is 0 Å². The van der Waals surface area contributed by atoms with Crippen LogP contribution in [-0.2, 0) is 6.54 Å². The van der Waals surface area contributed by atoms with Crippen molar-refractivity contribution in [2.75, 3.05) is 0 Å². The lowest BCUT2D eigenvalue weighted by Gasteiger charge is -2.10. The van der Waals surface area contributed by atoms with Gasteiger partial charge in [0.05, 0.1) is 11.2 Å². The van der Waals surface area contributed by atoms with Crippen molar-refractivity contribution in [3.8, 4) is 0 Å². The summed E-state index contributed by atoms with van der Waals surface area (Å²) in [4.78, 5) is 4.66. The van der Waals surface area contributed by atoms with Crippen LogP contribution in [0.2, 0.25) is 5.02 Å². The molecule has 2 aromatic carbocycles. The highest BCUT2D eigenvalue weighted by molar-refractivity contribution is 6.30. The first kappa shape index (κ1) is 17.6. The van der Waals surface area contributed by atoms with Gasteiger partial charge in [-0.3, -0.25) is 4.98 Å². The fourth-order valence-electron chi connectivity index (χ4n) is 3.45. The molecule has 2 nitrogen and oxygen atoms in total. The molecule has 0 aliphatic heterocycles. The third-order valence-corrected chi connectivity index (χ3v) is 5.31. The predicted octanol–water partition coefficient (Wildman–Crippen LogP) is 6.53. The van der Waals surface area contributed by atoms with Gasteiger partial charge in [0.15, 0.2) is 0 Å². The van der Waals surface area contributed by atoms with Gasteiger partial charge >= 0.3 is 0 Å². The summed E-state index contributed by atoms with van der Waals surface area (Å²) in [5, 5.41) is 2.02. The number of benzene rings is 2. The third kappa shape index (κ3) is 3.54. The molecule has 2 aromatic heterocycles. The Bertz CT molecular complexity index is 1110. The predicted molar refractivity (Wildman–Crippen MR) is 115 cm³/mol. The Balaban J connectivity index is 1.82. The van der Waals surface area contributed by atoms with Crippen LogP contribution in [0.15, 0.2) is 66.9 Å². The van der Waals surface area contributed by atoms with Crippen LogP contribution in [0.1, 0.15) is 28.1 Å². The molecular weight excluding hydrogens is 352 g/mol. The minimum absolute atomic E-state index is 0.761. The molecule has 0 atom stereocenters. The smallest absolute Gasteiger partial charge is 0.0873 e. The number of pyridine rings is 1. The maximum absolute atomic E-state index is 6.04. The van der Waals surface area contributed by atoms with E-state index >= 15 is 0 Å². The van der Waals surface area contributed by atoms with E-state index in [0.717, 1.165) is 17.3 Å². The summed E-state index contributed by atoms with van der Waals surface area (Å²) in [6.07, 6.45) is 6.12. The van der Waals surface area contributed by atoms with Crippen molar-refractivity contribution in [3.63, 3.8) is 0 Å². The fourth-order valence-corrected chi connectivity index (χ4v) is 3.58. The van der Waals surface area contributed by atoms with E-state index in [1.807, 2.05) is 36.5 Å². The topological polar surface area (TPSA) is 17.8 Å². The molecule has 4 rings (SSSR count). The molecule has 0 aliphatic rings. The van der Waals surface area contributed by atoms with Gasteiger partial charge in [0, 0.05) is 28.8 Å². The molecular formula is C24H21ClN2. The first-order valence-corrected chi connectivity index (χ1v) is 9.43. The largest absolute Gasteiger partial charge is 0.338 e. The Morgan fingerprint density at radius 3 is 2.41 bits per heavy atom. The first-order chi connectivity index (χ1) is 13.1. The third-order valence-electron chi connectivity index (χ3n) is 5.06. The highest BCUT2D eigenvalue weighted by atomic mass is 35.5. The van der Waals surface area contributed by atoms with Crippen molar-refractivity contribution in [1.82, 2.24) is 9.55 Å². The van der Waals surface area contributed by atoms with Crippen molar-refractivity contribution in [2.24, 2.45) is 0 Å². The standard InChI is InChI=1S/C24H21ClN2/c1-17-18(2)27(16-20-8-11-21(25)12-9-20)24-22(17)14-15-26-23(24)13-10-19-6-4-3-5-7-19/h3-15H,16H2,1-2H3/b13-10+. The van der Waals surface area contributed by atoms with Crippen LogP contribution in [0.5, 0.6) is 0 Å². The van der Waals surface area contributed by atoms with Crippen LogP contribution in [0, 0.1) is 13.8 Å². The highest BCUT2D eigenvalue weighted by Crippen LogP contribution is 2.29. The van der Waals surface area contributed by atoms with Crippen LogP contribution in [0.3, 0.4) is 0 Å². The van der Waals surface area contributed by atoms with E-state index in [1.165, 1.54) is 33.3 Å². The average Bonchev–Trinajstić information content (AvgIpc) is 2.94. The molecule has 0 aliphatic carbocycles. The van der Waals surface area contributed by atoms with Crippen molar-refractivity contribution >= 4 is 34.7 Å². The van der Waals surface area contributed by atoms with Gasteiger partial charge in [-0.15, -0.1) is 0 Å². The lowest BCUT2D eigenvalue weighted by molar-refractivity contribution is 0.798. The minimum atomic E-state index is 0.761. The highest BCUT2D eigenvalue weighted by Gasteiger charge is 2.14. The number of halogens is 1. The monoisotopic (exact) mass is 372 g/mol. The summed E-state index contributed by atoms with van der Waals surface area (Å²) in [6.45, 7) is 5.15. The van der Waals surface area contributed by atoms with Gasteiger partial charge in [0.25, 0.3) is 0 Å². The zero-order valence-electron chi connectivity index (χ0n) is 15.5. The number of hydrogen-bond acceptors (Lipinski definition) is 1. The lowest BCUT2D eigenvalue weighted by atomic mass is 10.1. The molecule has 0 saturated carbocycles. The first-order valence-electron chi connectivity index (χ1n) is 9.05. The maximum Gasteiger partial charge on any atom is 0.0873 e. The summed E-state index contributed by atoms with van der Waals surface area (Å²) < 4.78 is 2.35. The number of nitrogens with zero attached hydrogens (tertiary/aromatic N) is 2. The number of rotatable bonds is 4. The molecule has 0 fully saturated rings. The van der Waals surface area contributed by atoms with Gasteiger partial charge in [-0.1, -0.05) is 60.1 Å². The fraction of sp³-hybridized carbons (Fsp3) is 0.125.